The highest BCUT2D eigenvalue weighted by Crippen LogP contribution is 2.58. The summed E-state index contributed by atoms with van der Waals surface area (Å²) in [6, 6.07) is 4.33. The van der Waals surface area contributed by atoms with Crippen LogP contribution in [0.5, 0.6) is 5.75 Å². The van der Waals surface area contributed by atoms with E-state index in [4.69, 9.17) is 27.7 Å². The predicted molar refractivity (Wildman–Crippen MR) is 82.7 cm³/mol. The molecule has 0 saturated carbocycles. The van der Waals surface area contributed by atoms with Crippen LogP contribution in [0.3, 0.4) is 0 Å². The quantitative estimate of drug-likeness (QED) is 0.353. The molecular formula is C11H15Cl2N3O4P. The Morgan fingerprint density at radius 2 is 2.10 bits per heavy atom. The second-order valence-electron chi connectivity index (χ2n) is 4.35. The number of benzene rings is 1. The van der Waals surface area contributed by atoms with E-state index in [-0.39, 0.29) is 5.69 Å². The summed E-state index contributed by atoms with van der Waals surface area (Å²) < 4.78 is 7.28. The van der Waals surface area contributed by atoms with Gasteiger partial charge in [0.15, 0.2) is 0 Å². The van der Waals surface area contributed by atoms with Gasteiger partial charge in [0, 0.05) is 43.0 Å². The van der Waals surface area contributed by atoms with Gasteiger partial charge in [0.05, 0.1) is 11.0 Å². The van der Waals surface area contributed by atoms with Crippen LogP contribution in [0.15, 0.2) is 18.2 Å². The molecular weight excluding hydrogens is 340 g/mol. The number of alkyl halides is 2. The number of non-ortho nitro benzene ring substituents is 1. The molecule has 117 valence electrons. The summed E-state index contributed by atoms with van der Waals surface area (Å²) in [4.78, 5) is 21.0. The van der Waals surface area contributed by atoms with Crippen LogP contribution in [0.1, 0.15) is 5.56 Å². The minimum Gasteiger partial charge on any atom is -0.432 e. The fraction of sp³-hybridized carbons (Fsp3) is 0.455. The zero-order valence-electron chi connectivity index (χ0n) is 11.0. The first kappa shape index (κ1) is 16.7. The smallest absolute Gasteiger partial charge is 0.296 e. The van der Waals surface area contributed by atoms with Gasteiger partial charge in [-0.25, -0.2) is 9.76 Å². The summed E-state index contributed by atoms with van der Waals surface area (Å²) in [6.07, 6.45) is 0. The molecule has 1 aromatic carbocycles. The SMILES string of the molecule is O=[N+]([O-])c1ccc2c(c1)O[P](O)(N(CCCl)CCCl)NC2. The van der Waals surface area contributed by atoms with Gasteiger partial charge in [0.25, 0.3) is 13.7 Å². The minimum atomic E-state index is -3.10. The highest BCUT2D eigenvalue weighted by Gasteiger charge is 2.39. The summed E-state index contributed by atoms with van der Waals surface area (Å²) >= 11 is 11.5. The molecule has 1 aliphatic heterocycles. The number of hydrogen-bond donors (Lipinski definition) is 2. The number of halogens is 2. The van der Waals surface area contributed by atoms with E-state index in [9.17, 15) is 15.0 Å². The van der Waals surface area contributed by atoms with Gasteiger partial charge in [-0.05, 0) is 6.07 Å². The number of fused-ring (bicyclic) bond motifs is 1. The Kier molecular flexibility index (Phi) is 5.60. The Labute approximate surface area is 132 Å². The highest BCUT2D eigenvalue weighted by atomic mass is 35.5. The molecule has 0 spiro atoms. The lowest BCUT2D eigenvalue weighted by Crippen LogP contribution is -2.39. The van der Waals surface area contributed by atoms with E-state index in [1.54, 1.807) is 10.7 Å². The van der Waals surface area contributed by atoms with E-state index in [1.165, 1.54) is 12.1 Å². The van der Waals surface area contributed by atoms with Crippen LogP contribution >= 0.6 is 31.2 Å². The number of hydrogen-bond acceptors (Lipinski definition) is 6. The molecule has 0 fully saturated rings. The summed E-state index contributed by atoms with van der Waals surface area (Å²) in [5.74, 6) is 0.936. The largest absolute Gasteiger partial charge is 0.432 e. The molecule has 0 aromatic heterocycles. The molecule has 1 heterocycles. The van der Waals surface area contributed by atoms with Crippen molar-refractivity contribution in [1.29, 1.82) is 0 Å². The molecule has 21 heavy (non-hydrogen) atoms. The van der Waals surface area contributed by atoms with Crippen molar-refractivity contribution < 1.29 is 14.3 Å². The van der Waals surface area contributed by atoms with E-state index in [1.807, 2.05) is 0 Å². The molecule has 0 amide bonds. The fourth-order valence-electron chi connectivity index (χ4n) is 1.98. The summed E-state index contributed by atoms with van der Waals surface area (Å²) in [5.41, 5.74) is 0.672. The maximum atomic E-state index is 10.8. The van der Waals surface area contributed by atoms with Crippen molar-refractivity contribution in [1.82, 2.24) is 9.76 Å². The van der Waals surface area contributed by atoms with Crippen LogP contribution in [-0.4, -0.2) is 39.3 Å². The molecule has 1 aromatic rings. The Morgan fingerprint density at radius 3 is 2.67 bits per heavy atom. The maximum Gasteiger partial charge on any atom is 0.296 e. The summed E-state index contributed by atoms with van der Waals surface area (Å²) in [6.45, 7) is 1.16. The molecule has 1 atom stereocenters. The van der Waals surface area contributed by atoms with E-state index >= 15 is 0 Å². The van der Waals surface area contributed by atoms with Gasteiger partial charge >= 0.3 is 0 Å². The van der Waals surface area contributed by atoms with Crippen LogP contribution in [0, 0.1) is 10.1 Å². The predicted octanol–water partition coefficient (Wildman–Crippen LogP) is 2.53. The molecule has 2 N–H and O–H groups in total. The second kappa shape index (κ2) is 7.05. The van der Waals surface area contributed by atoms with Gasteiger partial charge in [0.2, 0.25) is 0 Å². The number of nitrogens with zero attached hydrogens (tertiary/aromatic N) is 2. The third-order valence-electron chi connectivity index (χ3n) is 3.03. The van der Waals surface area contributed by atoms with Crippen molar-refractivity contribution in [2.45, 2.75) is 6.54 Å². The third kappa shape index (κ3) is 3.74. The minimum absolute atomic E-state index is 0.0802. The molecule has 2 rings (SSSR count). The summed E-state index contributed by atoms with van der Waals surface area (Å²) in [7, 11) is -3.10. The van der Waals surface area contributed by atoms with E-state index < -0.39 is 12.9 Å². The van der Waals surface area contributed by atoms with Crippen LogP contribution in [-0.2, 0) is 6.54 Å². The lowest BCUT2D eigenvalue weighted by atomic mass is 10.2. The Bertz CT molecular complexity index is 530. The fourth-order valence-corrected chi connectivity index (χ4v) is 4.57. The maximum absolute atomic E-state index is 10.8. The van der Waals surface area contributed by atoms with Crippen LogP contribution in [0.25, 0.3) is 0 Å². The first-order valence-electron chi connectivity index (χ1n) is 6.21. The molecule has 1 unspecified atom stereocenters. The Morgan fingerprint density at radius 1 is 1.43 bits per heavy atom. The normalized spacial score (nSPS) is 21.0. The number of nitro groups is 1. The van der Waals surface area contributed by atoms with E-state index in [0.717, 1.165) is 5.56 Å². The van der Waals surface area contributed by atoms with Crippen molar-refractivity contribution in [3.63, 3.8) is 0 Å². The second-order valence-corrected chi connectivity index (χ2v) is 7.26. The topological polar surface area (TPSA) is 87.9 Å². The molecule has 0 bridgehead atoms. The van der Waals surface area contributed by atoms with Crippen molar-refractivity contribution in [2.24, 2.45) is 0 Å². The average Bonchev–Trinajstić information content (AvgIpc) is 2.46. The third-order valence-corrected chi connectivity index (χ3v) is 5.56. The van der Waals surface area contributed by atoms with Crippen molar-refractivity contribution in [2.75, 3.05) is 24.8 Å². The number of nitro benzene ring substituents is 1. The molecule has 1 radical (unpaired) electrons. The van der Waals surface area contributed by atoms with Crippen LogP contribution in [0.2, 0.25) is 0 Å². The van der Waals surface area contributed by atoms with Crippen molar-refractivity contribution in [3.05, 3.63) is 33.9 Å². The van der Waals surface area contributed by atoms with Gasteiger partial charge in [-0.3, -0.25) is 10.1 Å². The number of nitrogens with one attached hydrogen (secondary N) is 1. The van der Waals surface area contributed by atoms with Crippen molar-refractivity contribution in [3.8, 4) is 5.75 Å². The van der Waals surface area contributed by atoms with Gasteiger partial charge < -0.3 is 9.42 Å². The van der Waals surface area contributed by atoms with Gasteiger partial charge in [-0.1, -0.05) is 0 Å². The molecule has 1 aliphatic rings. The van der Waals surface area contributed by atoms with Crippen LogP contribution < -0.4 is 9.61 Å². The van der Waals surface area contributed by atoms with Gasteiger partial charge in [-0.2, -0.15) is 0 Å². The van der Waals surface area contributed by atoms with E-state index in [0.29, 0.717) is 37.1 Å². The lowest BCUT2D eigenvalue weighted by Gasteiger charge is -2.42. The molecule has 0 saturated heterocycles. The van der Waals surface area contributed by atoms with Gasteiger partial charge in [-0.15, -0.1) is 23.2 Å². The first-order valence-corrected chi connectivity index (χ1v) is 8.89. The van der Waals surface area contributed by atoms with Crippen molar-refractivity contribution >= 4 is 36.9 Å². The monoisotopic (exact) mass is 354 g/mol. The molecule has 0 aliphatic carbocycles. The average molecular weight is 355 g/mol. The Hall–Kier alpha value is -0.690. The van der Waals surface area contributed by atoms with Gasteiger partial charge in [0.1, 0.15) is 5.75 Å². The molecule has 10 heteroatoms. The molecule has 7 nitrogen and oxygen atoms in total. The summed E-state index contributed by atoms with van der Waals surface area (Å²) in [5, 5.41) is 13.8. The highest BCUT2D eigenvalue weighted by molar-refractivity contribution is 7.61. The zero-order chi connectivity index (χ0) is 15.5. The number of rotatable bonds is 6. The lowest BCUT2D eigenvalue weighted by molar-refractivity contribution is -0.384. The van der Waals surface area contributed by atoms with Crippen LogP contribution in [0.4, 0.5) is 5.69 Å². The standard InChI is InChI=1S/C11H15Cl2N3O4P/c12-3-5-15(6-4-13)21(19)14-8-9-1-2-10(16(17)18)7-11(9)20-21/h1-2,7,14,19H,3-6,8H2. The zero-order valence-corrected chi connectivity index (χ0v) is 13.4. The Balaban J connectivity index is 2.26. The first-order chi connectivity index (χ1) is 10.00. The van der Waals surface area contributed by atoms with E-state index in [2.05, 4.69) is 5.09 Å².